The molecule has 3 aliphatic rings. The number of rotatable bonds is 6. The summed E-state index contributed by atoms with van der Waals surface area (Å²) in [5, 5.41) is 8.30. The van der Waals surface area contributed by atoms with Crippen LogP contribution in [0.25, 0.3) is 0 Å². The lowest BCUT2D eigenvalue weighted by molar-refractivity contribution is 0.206. The van der Waals surface area contributed by atoms with Crippen molar-refractivity contribution in [2.24, 2.45) is 5.92 Å². The number of nitrogens with one attached hydrogen (secondary N) is 1. The molecule has 0 spiro atoms. The van der Waals surface area contributed by atoms with E-state index in [4.69, 9.17) is 0 Å². The Kier molecular flexibility index (Phi) is 3.84. The van der Waals surface area contributed by atoms with Crippen molar-refractivity contribution in [3.63, 3.8) is 0 Å². The molecule has 0 aromatic carbocycles. The summed E-state index contributed by atoms with van der Waals surface area (Å²) in [5.41, 5.74) is 1.52. The molecule has 1 N–H and O–H groups in total. The quantitative estimate of drug-likeness (QED) is 0.860. The lowest BCUT2D eigenvalue weighted by Gasteiger charge is -2.31. The van der Waals surface area contributed by atoms with Gasteiger partial charge in [0.2, 0.25) is 0 Å². The molecule has 0 radical (unpaired) electrons. The van der Waals surface area contributed by atoms with E-state index in [1.54, 1.807) is 0 Å². The maximum Gasteiger partial charge on any atom is 0.0244 e. The molecule has 4 rings (SSSR count). The number of hydrogen-bond acceptors (Lipinski definition) is 3. The third-order valence-corrected chi connectivity index (χ3v) is 6.16. The van der Waals surface area contributed by atoms with Gasteiger partial charge in [0.25, 0.3) is 0 Å². The average Bonchev–Trinajstić information content (AvgIpc) is 3.08. The van der Waals surface area contributed by atoms with Gasteiger partial charge >= 0.3 is 0 Å². The van der Waals surface area contributed by atoms with E-state index in [0.29, 0.717) is 0 Å². The fraction of sp³-hybridized carbons (Fsp3) is 0.765. The second-order valence-corrected chi connectivity index (χ2v) is 7.88. The van der Waals surface area contributed by atoms with Gasteiger partial charge < -0.3 is 5.32 Å². The van der Waals surface area contributed by atoms with Gasteiger partial charge in [-0.05, 0) is 79.8 Å². The molecule has 2 aliphatic heterocycles. The third kappa shape index (κ3) is 3.10. The molecule has 1 aromatic rings. The number of fused-ring (bicyclic) bond motifs is 2. The van der Waals surface area contributed by atoms with Crippen LogP contribution in [0.15, 0.2) is 16.8 Å². The molecule has 2 saturated heterocycles. The minimum atomic E-state index is 0.852. The second-order valence-electron chi connectivity index (χ2n) is 7.10. The van der Waals surface area contributed by atoms with Crippen LogP contribution in [0.4, 0.5) is 0 Å². The smallest absolute Gasteiger partial charge is 0.0244 e. The van der Waals surface area contributed by atoms with Crippen LogP contribution in [0.5, 0.6) is 0 Å². The van der Waals surface area contributed by atoms with Gasteiger partial charge in [-0.15, -0.1) is 0 Å². The molecule has 2 nitrogen and oxygen atoms in total. The summed E-state index contributed by atoms with van der Waals surface area (Å²) in [5.74, 6) is 0.984. The first-order chi connectivity index (χ1) is 9.87. The van der Waals surface area contributed by atoms with Crippen molar-refractivity contribution in [3.05, 3.63) is 22.4 Å². The van der Waals surface area contributed by atoms with Crippen LogP contribution in [0.3, 0.4) is 0 Å². The van der Waals surface area contributed by atoms with Crippen LogP contribution in [0.2, 0.25) is 0 Å². The van der Waals surface area contributed by atoms with Crippen LogP contribution in [-0.2, 0) is 6.54 Å². The zero-order valence-corrected chi connectivity index (χ0v) is 13.1. The van der Waals surface area contributed by atoms with E-state index in [1.165, 1.54) is 63.6 Å². The molecule has 3 heteroatoms. The Bertz CT molecular complexity index is 414. The number of thiophene rings is 1. The Hall–Kier alpha value is -0.380. The van der Waals surface area contributed by atoms with Crippen LogP contribution < -0.4 is 5.32 Å². The summed E-state index contributed by atoms with van der Waals surface area (Å²) in [6, 6.07) is 4.90. The van der Waals surface area contributed by atoms with E-state index in [2.05, 4.69) is 27.0 Å². The fourth-order valence-electron chi connectivity index (χ4n) is 4.21. The molecule has 2 atom stereocenters. The van der Waals surface area contributed by atoms with Gasteiger partial charge in [0.15, 0.2) is 0 Å². The van der Waals surface area contributed by atoms with E-state index >= 15 is 0 Å². The van der Waals surface area contributed by atoms with Crippen LogP contribution in [0, 0.1) is 5.92 Å². The first-order valence-corrected chi connectivity index (χ1v) is 9.32. The topological polar surface area (TPSA) is 15.3 Å². The first-order valence-electron chi connectivity index (χ1n) is 8.38. The van der Waals surface area contributed by atoms with E-state index in [-0.39, 0.29) is 0 Å². The standard InChI is InChI=1S/C17H26N2S/c1-2-16-10-13(9-15(1)18-16)5-7-19(17-3-4-17)11-14-6-8-20-12-14/h6,8,12-13,15-18H,1-5,7,9-11H2. The molecule has 1 aromatic heterocycles. The van der Waals surface area contributed by atoms with Crippen molar-refractivity contribution in [3.8, 4) is 0 Å². The van der Waals surface area contributed by atoms with Crippen molar-refractivity contribution in [1.82, 2.24) is 10.2 Å². The zero-order valence-electron chi connectivity index (χ0n) is 12.3. The van der Waals surface area contributed by atoms with E-state index in [1.807, 2.05) is 11.3 Å². The van der Waals surface area contributed by atoms with Crippen LogP contribution in [-0.4, -0.2) is 29.6 Å². The largest absolute Gasteiger partial charge is 0.311 e. The summed E-state index contributed by atoms with van der Waals surface area (Å²) in [6.45, 7) is 2.51. The summed E-state index contributed by atoms with van der Waals surface area (Å²) in [6.07, 6.45) is 10.0. The molecule has 3 fully saturated rings. The average molecular weight is 290 g/mol. The molecular weight excluding hydrogens is 264 g/mol. The summed E-state index contributed by atoms with van der Waals surface area (Å²) < 4.78 is 0. The Morgan fingerprint density at radius 2 is 1.95 bits per heavy atom. The van der Waals surface area contributed by atoms with Gasteiger partial charge in [0.1, 0.15) is 0 Å². The normalized spacial score (nSPS) is 33.0. The van der Waals surface area contributed by atoms with E-state index in [9.17, 15) is 0 Å². The Labute approximate surface area is 126 Å². The molecule has 2 bridgehead atoms. The van der Waals surface area contributed by atoms with Gasteiger partial charge in [-0.25, -0.2) is 0 Å². The highest BCUT2D eigenvalue weighted by atomic mass is 32.1. The second kappa shape index (κ2) is 5.78. The number of piperidine rings is 1. The first kappa shape index (κ1) is 13.3. The SMILES string of the molecule is c1cc(CN(CCC2CC3CCC(C2)N3)C2CC2)cs1. The maximum absolute atomic E-state index is 3.77. The monoisotopic (exact) mass is 290 g/mol. The predicted molar refractivity (Wildman–Crippen MR) is 85.0 cm³/mol. The zero-order chi connectivity index (χ0) is 13.4. The molecule has 110 valence electrons. The highest BCUT2D eigenvalue weighted by Crippen LogP contribution is 2.34. The minimum absolute atomic E-state index is 0.852. The van der Waals surface area contributed by atoms with Gasteiger partial charge in [-0.2, -0.15) is 11.3 Å². The van der Waals surface area contributed by atoms with Crippen LogP contribution in [0.1, 0.15) is 50.5 Å². The van der Waals surface area contributed by atoms with Crippen molar-refractivity contribution < 1.29 is 0 Å². The van der Waals surface area contributed by atoms with Crippen LogP contribution >= 0.6 is 11.3 Å². The van der Waals surface area contributed by atoms with Crippen molar-refractivity contribution in [1.29, 1.82) is 0 Å². The summed E-state index contributed by atoms with van der Waals surface area (Å²) in [7, 11) is 0. The Morgan fingerprint density at radius 1 is 1.15 bits per heavy atom. The van der Waals surface area contributed by atoms with E-state index in [0.717, 1.165) is 24.0 Å². The molecule has 1 saturated carbocycles. The minimum Gasteiger partial charge on any atom is -0.311 e. The number of nitrogens with zero attached hydrogens (tertiary/aromatic N) is 1. The summed E-state index contributed by atoms with van der Waals surface area (Å²) in [4.78, 5) is 2.76. The summed E-state index contributed by atoms with van der Waals surface area (Å²) >= 11 is 1.83. The third-order valence-electron chi connectivity index (χ3n) is 5.42. The maximum atomic E-state index is 3.77. The van der Waals surface area contributed by atoms with E-state index < -0.39 is 0 Å². The molecule has 1 aliphatic carbocycles. The van der Waals surface area contributed by atoms with Gasteiger partial charge in [-0.3, -0.25) is 4.90 Å². The molecule has 20 heavy (non-hydrogen) atoms. The lowest BCUT2D eigenvalue weighted by Crippen LogP contribution is -2.39. The molecular formula is C17H26N2S. The fourth-order valence-corrected chi connectivity index (χ4v) is 4.87. The van der Waals surface area contributed by atoms with Gasteiger partial charge in [0, 0.05) is 24.7 Å². The van der Waals surface area contributed by atoms with Crippen molar-refractivity contribution in [2.45, 2.75) is 69.6 Å². The highest BCUT2D eigenvalue weighted by molar-refractivity contribution is 7.07. The van der Waals surface area contributed by atoms with Crippen molar-refractivity contribution >= 4 is 11.3 Å². The highest BCUT2D eigenvalue weighted by Gasteiger charge is 2.34. The predicted octanol–water partition coefficient (Wildman–Crippen LogP) is 3.63. The molecule has 0 amide bonds. The molecule has 3 heterocycles. The Morgan fingerprint density at radius 3 is 2.60 bits per heavy atom. The molecule has 2 unspecified atom stereocenters. The lowest BCUT2D eigenvalue weighted by atomic mass is 9.89. The van der Waals surface area contributed by atoms with Gasteiger partial charge in [0.05, 0.1) is 0 Å². The Balaban J connectivity index is 1.30. The van der Waals surface area contributed by atoms with Gasteiger partial charge in [-0.1, -0.05) is 0 Å². The number of hydrogen-bond donors (Lipinski definition) is 1. The van der Waals surface area contributed by atoms with Crippen molar-refractivity contribution in [2.75, 3.05) is 6.54 Å².